The van der Waals surface area contributed by atoms with E-state index in [9.17, 15) is 19.2 Å². The molecule has 0 unspecified atom stereocenters. The van der Waals surface area contributed by atoms with Crippen LogP contribution in [0.1, 0.15) is 28.8 Å². The van der Waals surface area contributed by atoms with E-state index in [1.54, 1.807) is 42.5 Å². The van der Waals surface area contributed by atoms with Gasteiger partial charge in [0.25, 0.3) is 11.5 Å². The monoisotopic (exact) mass is 639 g/mol. The number of H-pyrrole nitrogens is 1. The minimum Gasteiger partial charge on any atom is -0.496 e. The maximum Gasteiger partial charge on any atom is 0.328 e. The van der Waals surface area contributed by atoms with Gasteiger partial charge in [-0.2, -0.15) is 0 Å². The van der Waals surface area contributed by atoms with Gasteiger partial charge in [-0.1, -0.05) is 53.5 Å². The van der Waals surface area contributed by atoms with Crippen LogP contribution in [0.4, 0.5) is 10.1 Å². The molecule has 4 N–H and O–H groups in total. The molecule has 4 aromatic rings. The molecule has 10 nitrogen and oxygen atoms in total. The van der Waals surface area contributed by atoms with Gasteiger partial charge < -0.3 is 25.7 Å². The Kier molecular flexibility index (Phi) is 9.19. The van der Waals surface area contributed by atoms with Gasteiger partial charge in [-0.25, -0.2) is 9.18 Å². The number of nitrogens with zero attached hydrogens (tertiary/aromatic N) is 1. The second kappa shape index (κ2) is 13.0. The summed E-state index contributed by atoms with van der Waals surface area (Å²) in [4.78, 5) is 50.7. The Hall–Kier alpha value is -4.45. The molecule has 1 aliphatic heterocycles. The lowest BCUT2D eigenvalue weighted by molar-refractivity contribution is -0.122. The van der Waals surface area contributed by atoms with Crippen molar-refractivity contribution in [1.82, 2.24) is 20.2 Å². The zero-order valence-corrected chi connectivity index (χ0v) is 25.2. The Balaban J connectivity index is 1.43. The summed E-state index contributed by atoms with van der Waals surface area (Å²) in [6.45, 7) is 0.686. The number of aromatic amines is 1. The topological polar surface area (TPSA) is 134 Å². The average Bonchev–Trinajstić information content (AvgIpc) is 3.01. The highest BCUT2D eigenvalue weighted by Crippen LogP contribution is 2.42. The summed E-state index contributed by atoms with van der Waals surface area (Å²) in [5.74, 6) is -0.897. The van der Waals surface area contributed by atoms with E-state index >= 15 is 4.39 Å². The molecule has 1 aromatic heterocycles. The van der Waals surface area contributed by atoms with Gasteiger partial charge in [0.2, 0.25) is 5.91 Å². The smallest absolute Gasteiger partial charge is 0.328 e. The molecule has 2 heterocycles. The van der Waals surface area contributed by atoms with E-state index in [1.807, 2.05) is 0 Å². The number of methoxy groups -OCH3 is 1. The number of benzene rings is 3. The van der Waals surface area contributed by atoms with Crippen LogP contribution < -0.4 is 31.9 Å². The standard InChI is InChI=1S/C31H28Cl2FN5O5/c1-39-30(42)22(15-37-31(39)43)29(41)38-24-8-4-7-20(28(24)33)19-6-3-5-18(27(19)32)16-11-23(34)21(25(12-16)44-2)14-35-17-9-10-26(40)36-13-17/h3-8,11-12,15,17,35H,9-10,13-14H2,1-2H3,(H,36,40)(H,37,43)(H,38,41)/t17-/m0/s1. The van der Waals surface area contributed by atoms with Crippen molar-refractivity contribution >= 4 is 40.7 Å². The number of anilines is 1. The molecule has 1 saturated heterocycles. The summed E-state index contributed by atoms with van der Waals surface area (Å²) in [6.07, 6.45) is 2.12. The molecule has 0 bridgehead atoms. The van der Waals surface area contributed by atoms with E-state index in [1.165, 1.54) is 20.2 Å². The van der Waals surface area contributed by atoms with Gasteiger partial charge >= 0.3 is 5.69 Å². The summed E-state index contributed by atoms with van der Waals surface area (Å²) < 4.78 is 21.8. The summed E-state index contributed by atoms with van der Waals surface area (Å²) in [5, 5.41) is 9.14. The highest BCUT2D eigenvalue weighted by molar-refractivity contribution is 6.39. The Morgan fingerprint density at radius 1 is 1.07 bits per heavy atom. The molecule has 3 aromatic carbocycles. The molecular formula is C31H28Cl2FN5O5. The molecule has 0 saturated carbocycles. The van der Waals surface area contributed by atoms with Crippen molar-refractivity contribution in [3.63, 3.8) is 0 Å². The number of hydrogen-bond donors (Lipinski definition) is 4. The second-order valence-electron chi connectivity index (χ2n) is 10.2. The van der Waals surface area contributed by atoms with Crippen LogP contribution in [0, 0.1) is 5.82 Å². The Morgan fingerprint density at radius 2 is 1.77 bits per heavy atom. The third kappa shape index (κ3) is 6.26. The molecule has 44 heavy (non-hydrogen) atoms. The van der Waals surface area contributed by atoms with Crippen molar-refractivity contribution in [2.24, 2.45) is 7.05 Å². The van der Waals surface area contributed by atoms with Crippen LogP contribution in [0.3, 0.4) is 0 Å². The molecule has 5 rings (SSSR count). The number of piperidine rings is 1. The van der Waals surface area contributed by atoms with Crippen LogP contribution in [-0.2, 0) is 18.4 Å². The van der Waals surface area contributed by atoms with E-state index in [0.717, 1.165) is 10.8 Å². The maximum atomic E-state index is 15.5. The third-order valence-corrected chi connectivity index (χ3v) is 8.29. The molecular weight excluding hydrogens is 612 g/mol. The van der Waals surface area contributed by atoms with E-state index in [4.69, 9.17) is 27.9 Å². The number of aromatic nitrogens is 2. The van der Waals surface area contributed by atoms with Crippen LogP contribution in [-0.4, -0.2) is 41.1 Å². The molecule has 1 aliphatic rings. The molecule has 228 valence electrons. The van der Waals surface area contributed by atoms with Crippen LogP contribution in [0.2, 0.25) is 10.0 Å². The fraction of sp³-hybridized carbons (Fsp3) is 0.226. The Bertz CT molecular complexity index is 1880. The number of carbonyl (C=O) groups excluding carboxylic acids is 2. The van der Waals surface area contributed by atoms with Crippen LogP contribution in [0.5, 0.6) is 5.75 Å². The van der Waals surface area contributed by atoms with Gasteiger partial charge in [0.05, 0.1) is 22.8 Å². The predicted octanol–water partition coefficient (Wildman–Crippen LogP) is 4.48. The van der Waals surface area contributed by atoms with E-state index in [0.29, 0.717) is 53.0 Å². The maximum absolute atomic E-state index is 15.5. The lowest BCUT2D eigenvalue weighted by Gasteiger charge is -2.24. The van der Waals surface area contributed by atoms with Gasteiger partial charge in [-0.05, 0) is 30.2 Å². The second-order valence-corrected chi connectivity index (χ2v) is 11.0. The fourth-order valence-electron chi connectivity index (χ4n) is 4.99. The van der Waals surface area contributed by atoms with Crippen LogP contribution in [0.15, 0.2) is 64.3 Å². The normalized spacial score (nSPS) is 14.7. The number of halogens is 3. The minimum atomic E-state index is -0.763. The lowest BCUT2D eigenvalue weighted by atomic mass is 9.97. The Labute approximate surface area is 261 Å². The molecule has 0 radical (unpaired) electrons. The first-order chi connectivity index (χ1) is 21.1. The molecule has 2 amide bonds. The molecule has 1 atom stereocenters. The highest BCUT2D eigenvalue weighted by atomic mass is 35.5. The van der Waals surface area contributed by atoms with Crippen molar-refractivity contribution in [3.05, 3.63) is 103 Å². The van der Waals surface area contributed by atoms with E-state index < -0.39 is 23.0 Å². The van der Waals surface area contributed by atoms with Crippen LogP contribution >= 0.6 is 23.2 Å². The average molecular weight is 640 g/mol. The summed E-state index contributed by atoms with van der Waals surface area (Å²) in [5.41, 5.74) is 0.895. The van der Waals surface area contributed by atoms with Crippen molar-refractivity contribution < 1.29 is 18.7 Å². The first-order valence-electron chi connectivity index (χ1n) is 13.6. The first kappa shape index (κ1) is 31.0. The van der Waals surface area contributed by atoms with Gasteiger partial charge in [0.15, 0.2) is 0 Å². The number of ether oxygens (including phenoxy) is 1. The zero-order valence-electron chi connectivity index (χ0n) is 23.7. The summed E-state index contributed by atoms with van der Waals surface area (Å²) in [7, 11) is 2.72. The third-order valence-electron chi connectivity index (χ3n) is 7.48. The lowest BCUT2D eigenvalue weighted by Crippen LogP contribution is -2.45. The van der Waals surface area contributed by atoms with Gasteiger partial charge in [0, 0.05) is 61.1 Å². The van der Waals surface area contributed by atoms with Gasteiger partial charge in [0.1, 0.15) is 17.1 Å². The molecule has 13 heteroatoms. The van der Waals surface area contributed by atoms with Gasteiger partial charge in [-0.15, -0.1) is 0 Å². The van der Waals surface area contributed by atoms with Crippen molar-refractivity contribution in [3.8, 4) is 28.0 Å². The summed E-state index contributed by atoms with van der Waals surface area (Å²) >= 11 is 13.6. The fourth-order valence-corrected chi connectivity index (χ4v) is 5.60. The van der Waals surface area contributed by atoms with E-state index in [-0.39, 0.29) is 39.8 Å². The molecule has 0 aliphatic carbocycles. The molecule has 0 spiro atoms. The Morgan fingerprint density at radius 3 is 2.48 bits per heavy atom. The van der Waals surface area contributed by atoms with Gasteiger partial charge in [-0.3, -0.25) is 19.0 Å². The largest absolute Gasteiger partial charge is 0.496 e. The number of amides is 2. The highest BCUT2D eigenvalue weighted by Gasteiger charge is 2.22. The van der Waals surface area contributed by atoms with E-state index in [2.05, 4.69) is 20.9 Å². The number of rotatable bonds is 8. The number of hydrogen-bond acceptors (Lipinski definition) is 6. The quantitative estimate of drug-likeness (QED) is 0.225. The zero-order chi connectivity index (χ0) is 31.5. The van der Waals surface area contributed by atoms with Crippen molar-refractivity contribution in [2.75, 3.05) is 19.0 Å². The number of nitrogens with one attached hydrogen (secondary N) is 4. The minimum absolute atomic E-state index is 0.00551. The molecule has 1 fully saturated rings. The predicted molar refractivity (Wildman–Crippen MR) is 167 cm³/mol. The van der Waals surface area contributed by atoms with Crippen molar-refractivity contribution in [2.45, 2.75) is 25.4 Å². The number of carbonyl (C=O) groups is 2. The van der Waals surface area contributed by atoms with Crippen molar-refractivity contribution in [1.29, 1.82) is 0 Å². The van der Waals surface area contributed by atoms with Crippen LogP contribution in [0.25, 0.3) is 22.3 Å². The first-order valence-corrected chi connectivity index (χ1v) is 14.4. The SMILES string of the molecule is COc1cc(-c2cccc(-c3cccc(NC(=O)c4c[nH]c(=O)n(C)c4=O)c3Cl)c2Cl)cc(F)c1CN[C@H]1CCC(=O)NC1. The summed E-state index contributed by atoms with van der Waals surface area (Å²) in [6, 6.07) is 13.3.